The predicted octanol–water partition coefficient (Wildman–Crippen LogP) is 2.50. The standard InChI is InChI=1S/C19H29N3O2/c1-14(2)20-19(24)22-9-5-8-21(10-11-22)18(23)13-17-7-6-15(3)12-16(17)4/h6-7,12,14H,5,8-11,13H2,1-4H3,(H,20,24). The van der Waals surface area contributed by atoms with Gasteiger partial charge in [0.05, 0.1) is 6.42 Å². The van der Waals surface area contributed by atoms with Gasteiger partial charge in [0.25, 0.3) is 0 Å². The van der Waals surface area contributed by atoms with E-state index in [2.05, 4.69) is 31.3 Å². The van der Waals surface area contributed by atoms with Crippen LogP contribution < -0.4 is 5.32 Å². The number of hydrogen-bond acceptors (Lipinski definition) is 2. The van der Waals surface area contributed by atoms with Crippen LogP contribution in [-0.2, 0) is 11.2 Å². The Labute approximate surface area is 145 Å². The summed E-state index contributed by atoms with van der Waals surface area (Å²) in [6.45, 7) is 10.6. The van der Waals surface area contributed by atoms with Crippen molar-refractivity contribution in [3.63, 3.8) is 0 Å². The minimum atomic E-state index is -0.0336. The number of benzene rings is 1. The van der Waals surface area contributed by atoms with Gasteiger partial charge in [-0.2, -0.15) is 0 Å². The van der Waals surface area contributed by atoms with Crippen LogP contribution in [0.2, 0.25) is 0 Å². The summed E-state index contributed by atoms with van der Waals surface area (Å²) in [5.41, 5.74) is 3.46. The molecule has 0 bridgehead atoms. The molecule has 1 N–H and O–H groups in total. The Bertz CT molecular complexity index is 598. The minimum Gasteiger partial charge on any atom is -0.341 e. The first-order valence-corrected chi connectivity index (χ1v) is 8.76. The van der Waals surface area contributed by atoms with Gasteiger partial charge in [-0.25, -0.2) is 4.79 Å². The van der Waals surface area contributed by atoms with Gasteiger partial charge in [0.15, 0.2) is 0 Å². The highest BCUT2D eigenvalue weighted by Gasteiger charge is 2.22. The number of rotatable bonds is 3. The zero-order chi connectivity index (χ0) is 17.7. The first kappa shape index (κ1) is 18.3. The summed E-state index contributed by atoms with van der Waals surface area (Å²) >= 11 is 0. The second-order valence-electron chi connectivity index (χ2n) is 6.93. The Morgan fingerprint density at radius 2 is 1.75 bits per heavy atom. The Morgan fingerprint density at radius 1 is 1.08 bits per heavy atom. The summed E-state index contributed by atoms with van der Waals surface area (Å²) in [6.07, 6.45) is 1.26. The lowest BCUT2D eigenvalue weighted by Gasteiger charge is -2.23. The van der Waals surface area contributed by atoms with E-state index in [0.717, 1.165) is 24.1 Å². The molecule has 1 aromatic rings. The van der Waals surface area contributed by atoms with Crippen molar-refractivity contribution in [2.75, 3.05) is 26.2 Å². The Hall–Kier alpha value is -2.04. The highest BCUT2D eigenvalue weighted by Crippen LogP contribution is 2.13. The van der Waals surface area contributed by atoms with Crippen LogP contribution in [0.5, 0.6) is 0 Å². The van der Waals surface area contributed by atoms with E-state index in [-0.39, 0.29) is 18.0 Å². The number of nitrogens with zero attached hydrogens (tertiary/aromatic N) is 2. The lowest BCUT2D eigenvalue weighted by atomic mass is 10.0. The van der Waals surface area contributed by atoms with Crippen molar-refractivity contribution in [3.8, 4) is 0 Å². The van der Waals surface area contributed by atoms with E-state index in [4.69, 9.17) is 0 Å². The van der Waals surface area contributed by atoms with Crippen LogP contribution in [0, 0.1) is 13.8 Å². The molecule has 132 valence electrons. The van der Waals surface area contributed by atoms with E-state index < -0.39 is 0 Å². The van der Waals surface area contributed by atoms with E-state index >= 15 is 0 Å². The van der Waals surface area contributed by atoms with Gasteiger partial charge >= 0.3 is 6.03 Å². The normalized spacial score (nSPS) is 15.4. The summed E-state index contributed by atoms with van der Waals surface area (Å²) in [6, 6.07) is 6.30. The van der Waals surface area contributed by atoms with Gasteiger partial charge in [-0.1, -0.05) is 23.8 Å². The van der Waals surface area contributed by atoms with Crippen LogP contribution in [0.15, 0.2) is 18.2 Å². The third kappa shape index (κ3) is 4.98. The quantitative estimate of drug-likeness (QED) is 0.925. The van der Waals surface area contributed by atoms with E-state index in [9.17, 15) is 9.59 Å². The molecule has 1 fully saturated rings. The van der Waals surface area contributed by atoms with E-state index in [1.54, 1.807) is 0 Å². The van der Waals surface area contributed by atoms with Gasteiger partial charge in [-0.15, -0.1) is 0 Å². The van der Waals surface area contributed by atoms with Crippen LogP contribution >= 0.6 is 0 Å². The lowest BCUT2D eigenvalue weighted by molar-refractivity contribution is -0.130. The van der Waals surface area contributed by atoms with Crippen LogP contribution in [0.3, 0.4) is 0 Å². The fraction of sp³-hybridized carbons (Fsp3) is 0.579. The molecule has 24 heavy (non-hydrogen) atoms. The van der Waals surface area contributed by atoms with Gasteiger partial charge in [-0.3, -0.25) is 4.79 Å². The molecule has 1 heterocycles. The molecule has 2 rings (SSSR count). The van der Waals surface area contributed by atoms with Crippen molar-refractivity contribution in [2.45, 2.75) is 46.6 Å². The zero-order valence-electron chi connectivity index (χ0n) is 15.3. The molecular formula is C19H29N3O2. The molecule has 0 atom stereocenters. The van der Waals surface area contributed by atoms with E-state index in [1.165, 1.54) is 5.56 Å². The number of amides is 3. The summed E-state index contributed by atoms with van der Waals surface area (Å²) < 4.78 is 0. The number of carbonyl (C=O) groups is 2. The molecule has 1 aliphatic heterocycles. The van der Waals surface area contributed by atoms with Crippen molar-refractivity contribution < 1.29 is 9.59 Å². The molecular weight excluding hydrogens is 302 g/mol. The van der Waals surface area contributed by atoms with Gasteiger partial charge in [0, 0.05) is 32.2 Å². The molecule has 0 radical (unpaired) electrons. The van der Waals surface area contributed by atoms with E-state index in [0.29, 0.717) is 26.1 Å². The fourth-order valence-corrected chi connectivity index (χ4v) is 3.03. The lowest BCUT2D eigenvalue weighted by Crippen LogP contribution is -2.45. The molecule has 5 heteroatoms. The van der Waals surface area contributed by atoms with Crippen LogP contribution in [0.1, 0.15) is 37.0 Å². The Kier molecular flexibility index (Phi) is 6.23. The molecule has 3 amide bonds. The molecule has 0 aliphatic carbocycles. The topological polar surface area (TPSA) is 52.7 Å². The second kappa shape index (κ2) is 8.18. The number of urea groups is 1. The van der Waals surface area contributed by atoms with Crippen molar-refractivity contribution in [1.29, 1.82) is 0 Å². The number of carbonyl (C=O) groups excluding carboxylic acids is 2. The Balaban J connectivity index is 1.93. The van der Waals surface area contributed by atoms with Gasteiger partial charge in [-0.05, 0) is 45.2 Å². The summed E-state index contributed by atoms with van der Waals surface area (Å²) in [5.74, 6) is 0.146. The molecule has 5 nitrogen and oxygen atoms in total. The maximum absolute atomic E-state index is 12.6. The third-order valence-corrected chi connectivity index (χ3v) is 4.39. The van der Waals surface area contributed by atoms with Crippen molar-refractivity contribution in [1.82, 2.24) is 15.1 Å². The molecule has 1 aliphatic rings. The smallest absolute Gasteiger partial charge is 0.317 e. The fourth-order valence-electron chi connectivity index (χ4n) is 3.03. The average Bonchev–Trinajstić information content (AvgIpc) is 2.75. The molecule has 0 spiro atoms. The first-order chi connectivity index (χ1) is 11.4. The highest BCUT2D eigenvalue weighted by molar-refractivity contribution is 5.79. The second-order valence-corrected chi connectivity index (χ2v) is 6.93. The summed E-state index contributed by atoms with van der Waals surface area (Å²) in [7, 11) is 0. The predicted molar refractivity (Wildman–Crippen MR) is 96.1 cm³/mol. The monoisotopic (exact) mass is 331 g/mol. The maximum Gasteiger partial charge on any atom is 0.317 e. The number of hydrogen-bond donors (Lipinski definition) is 1. The maximum atomic E-state index is 12.6. The number of aryl methyl sites for hydroxylation is 2. The highest BCUT2D eigenvalue weighted by atomic mass is 16.2. The largest absolute Gasteiger partial charge is 0.341 e. The number of nitrogens with one attached hydrogen (secondary N) is 1. The van der Waals surface area contributed by atoms with Crippen LogP contribution in [0.4, 0.5) is 4.79 Å². The van der Waals surface area contributed by atoms with Crippen molar-refractivity contribution in [3.05, 3.63) is 34.9 Å². The molecule has 0 aromatic heterocycles. The van der Waals surface area contributed by atoms with Gasteiger partial charge in [0.1, 0.15) is 0 Å². The van der Waals surface area contributed by atoms with Crippen LogP contribution in [-0.4, -0.2) is 54.0 Å². The van der Waals surface area contributed by atoms with E-state index in [1.807, 2.05) is 29.7 Å². The molecule has 0 saturated carbocycles. The van der Waals surface area contributed by atoms with Gasteiger partial charge < -0.3 is 15.1 Å². The Morgan fingerprint density at radius 3 is 2.42 bits per heavy atom. The molecule has 0 unspecified atom stereocenters. The average molecular weight is 331 g/mol. The molecule has 1 aromatic carbocycles. The third-order valence-electron chi connectivity index (χ3n) is 4.39. The summed E-state index contributed by atoms with van der Waals surface area (Å²) in [5, 5.41) is 2.92. The van der Waals surface area contributed by atoms with Gasteiger partial charge in [0.2, 0.25) is 5.91 Å². The van der Waals surface area contributed by atoms with Crippen molar-refractivity contribution in [2.24, 2.45) is 0 Å². The zero-order valence-corrected chi connectivity index (χ0v) is 15.3. The van der Waals surface area contributed by atoms with Crippen molar-refractivity contribution >= 4 is 11.9 Å². The SMILES string of the molecule is Cc1ccc(CC(=O)N2CCCN(C(=O)NC(C)C)CC2)c(C)c1. The summed E-state index contributed by atoms with van der Waals surface area (Å²) in [4.78, 5) is 28.4. The molecule has 1 saturated heterocycles. The first-order valence-electron chi connectivity index (χ1n) is 8.76. The minimum absolute atomic E-state index is 0.0336. The van der Waals surface area contributed by atoms with Crippen LogP contribution in [0.25, 0.3) is 0 Å².